The predicted molar refractivity (Wildman–Crippen MR) is 118 cm³/mol. The summed E-state index contributed by atoms with van der Waals surface area (Å²) < 4.78 is 0. The molecule has 0 aliphatic carbocycles. The number of carbonyl (C=O) groups excluding carboxylic acids is 4. The van der Waals surface area contributed by atoms with Gasteiger partial charge in [0.05, 0.1) is 23.4 Å². The molecule has 2 unspecified atom stereocenters. The maximum Gasteiger partial charge on any atom is 0.264 e. The molecule has 5 rings (SSSR count). The standard InChI is InChI=1S/C23H26N6O4/c1-28-9-7-13(8-10-28)20(14-11-24-25-12-14)26-16-4-2-3-15-19(16)23(33)29(22(15)32)17-5-6-18(30)27-21(17)31/h2-4,11-13,17,20,26H,5-10H2,1H3,(H,24,25)(H,27,30,31). The monoisotopic (exact) mass is 450 g/mol. The second kappa shape index (κ2) is 8.43. The largest absolute Gasteiger partial charge is 0.377 e. The number of likely N-dealkylation sites (tertiary alicyclic amines) is 1. The van der Waals surface area contributed by atoms with Gasteiger partial charge in [-0.3, -0.25) is 34.5 Å². The lowest BCUT2D eigenvalue weighted by Gasteiger charge is -2.35. The molecule has 172 valence electrons. The summed E-state index contributed by atoms with van der Waals surface area (Å²) >= 11 is 0. The number of nitrogens with one attached hydrogen (secondary N) is 3. The maximum atomic E-state index is 13.4. The van der Waals surface area contributed by atoms with Crippen molar-refractivity contribution in [3.8, 4) is 0 Å². The van der Waals surface area contributed by atoms with Gasteiger partial charge in [-0.1, -0.05) is 6.07 Å². The highest BCUT2D eigenvalue weighted by Gasteiger charge is 2.46. The summed E-state index contributed by atoms with van der Waals surface area (Å²) in [5.41, 5.74) is 2.09. The zero-order valence-corrected chi connectivity index (χ0v) is 18.3. The topological polar surface area (TPSA) is 128 Å². The van der Waals surface area contributed by atoms with E-state index in [0.29, 0.717) is 11.6 Å². The number of H-pyrrole nitrogens is 1. The number of piperidine rings is 2. The number of fused-ring (bicyclic) bond motifs is 1. The fourth-order valence-electron chi connectivity index (χ4n) is 5.07. The molecule has 33 heavy (non-hydrogen) atoms. The molecule has 4 amide bonds. The fraction of sp³-hybridized carbons (Fsp3) is 0.435. The minimum Gasteiger partial charge on any atom is -0.377 e. The lowest BCUT2D eigenvalue weighted by atomic mass is 9.86. The molecule has 3 N–H and O–H groups in total. The van der Waals surface area contributed by atoms with E-state index >= 15 is 0 Å². The smallest absolute Gasteiger partial charge is 0.264 e. The van der Waals surface area contributed by atoms with Crippen LogP contribution in [0.2, 0.25) is 0 Å². The minimum absolute atomic E-state index is 0.0866. The molecule has 10 nitrogen and oxygen atoms in total. The molecule has 4 heterocycles. The number of hydrogen-bond acceptors (Lipinski definition) is 7. The lowest BCUT2D eigenvalue weighted by Crippen LogP contribution is -2.54. The van der Waals surface area contributed by atoms with E-state index in [-0.39, 0.29) is 30.0 Å². The van der Waals surface area contributed by atoms with E-state index in [0.717, 1.165) is 36.4 Å². The number of benzene rings is 1. The van der Waals surface area contributed by atoms with Crippen LogP contribution in [0, 0.1) is 5.92 Å². The van der Waals surface area contributed by atoms with E-state index in [2.05, 4.69) is 32.8 Å². The van der Waals surface area contributed by atoms with Crippen molar-refractivity contribution in [3.63, 3.8) is 0 Å². The van der Waals surface area contributed by atoms with E-state index in [1.807, 2.05) is 6.20 Å². The Kier molecular flexibility index (Phi) is 5.45. The Hall–Kier alpha value is -3.53. The van der Waals surface area contributed by atoms with Crippen LogP contribution in [-0.4, -0.2) is 69.8 Å². The summed E-state index contributed by atoms with van der Waals surface area (Å²) in [5, 5.41) is 12.7. The lowest BCUT2D eigenvalue weighted by molar-refractivity contribution is -0.136. The highest BCUT2D eigenvalue weighted by molar-refractivity contribution is 6.25. The van der Waals surface area contributed by atoms with Crippen molar-refractivity contribution in [2.24, 2.45) is 5.92 Å². The molecule has 2 fully saturated rings. The average Bonchev–Trinajstić information content (AvgIpc) is 3.41. The van der Waals surface area contributed by atoms with Gasteiger partial charge in [0.2, 0.25) is 11.8 Å². The molecule has 1 aromatic carbocycles. The Morgan fingerprint density at radius 2 is 1.88 bits per heavy atom. The molecule has 0 bridgehead atoms. The van der Waals surface area contributed by atoms with Gasteiger partial charge in [-0.05, 0) is 57.5 Å². The molecule has 3 aliphatic heterocycles. The average molecular weight is 450 g/mol. The number of carbonyl (C=O) groups is 4. The molecule has 1 aromatic heterocycles. The van der Waals surface area contributed by atoms with Gasteiger partial charge < -0.3 is 10.2 Å². The minimum atomic E-state index is -0.985. The van der Waals surface area contributed by atoms with Gasteiger partial charge in [-0.15, -0.1) is 0 Å². The van der Waals surface area contributed by atoms with E-state index in [1.54, 1.807) is 24.4 Å². The predicted octanol–water partition coefficient (Wildman–Crippen LogP) is 1.31. The Morgan fingerprint density at radius 1 is 1.09 bits per heavy atom. The molecule has 0 spiro atoms. The summed E-state index contributed by atoms with van der Waals surface area (Å²) in [7, 11) is 2.11. The number of nitrogens with zero attached hydrogens (tertiary/aromatic N) is 3. The van der Waals surface area contributed by atoms with Crippen LogP contribution < -0.4 is 10.6 Å². The Balaban J connectivity index is 1.46. The van der Waals surface area contributed by atoms with Gasteiger partial charge in [0.25, 0.3) is 11.8 Å². The SMILES string of the molecule is CN1CCC(C(Nc2cccc3c2C(=O)N(C2CCC(=O)NC2=O)C3=O)c2cn[nH]c2)CC1. The van der Waals surface area contributed by atoms with Crippen molar-refractivity contribution in [3.05, 3.63) is 47.3 Å². The molecular weight excluding hydrogens is 424 g/mol. The number of amides is 4. The Morgan fingerprint density at radius 3 is 2.58 bits per heavy atom. The third-order valence-electron chi connectivity index (χ3n) is 6.89. The van der Waals surface area contributed by atoms with Crippen LogP contribution in [0.15, 0.2) is 30.6 Å². The van der Waals surface area contributed by atoms with Crippen LogP contribution in [0.5, 0.6) is 0 Å². The van der Waals surface area contributed by atoms with E-state index in [4.69, 9.17) is 0 Å². The van der Waals surface area contributed by atoms with Crippen molar-refractivity contribution in [2.75, 3.05) is 25.5 Å². The number of aromatic nitrogens is 2. The molecule has 10 heteroatoms. The summed E-state index contributed by atoms with van der Waals surface area (Å²) in [5.74, 6) is -1.70. The highest BCUT2D eigenvalue weighted by Crippen LogP contribution is 2.37. The fourth-order valence-corrected chi connectivity index (χ4v) is 5.07. The summed E-state index contributed by atoms with van der Waals surface area (Å²) in [6.45, 7) is 1.96. The molecule has 2 saturated heterocycles. The molecule has 0 radical (unpaired) electrons. The number of imide groups is 2. The maximum absolute atomic E-state index is 13.4. The number of hydrogen-bond donors (Lipinski definition) is 3. The summed E-state index contributed by atoms with van der Waals surface area (Å²) in [4.78, 5) is 53.8. The first-order valence-corrected chi connectivity index (χ1v) is 11.2. The van der Waals surface area contributed by atoms with Crippen molar-refractivity contribution in [2.45, 2.75) is 37.8 Å². The van der Waals surface area contributed by atoms with Crippen molar-refractivity contribution in [1.82, 2.24) is 25.3 Å². The van der Waals surface area contributed by atoms with Gasteiger partial charge in [-0.2, -0.15) is 5.10 Å². The van der Waals surface area contributed by atoms with Crippen LogP contribution in [-0.2, 0) is 9.59 Å². The Labute approximate surface area is 190 Å². The number of rotatable bonds is 5. The van der Waals surface area contributed by atoms with Gasteiger partial charge in [0, 0.05) is 23.9 Å². The van der Waals surface area contributed by atoms with Gasteiger partial charge in [-0.25, -0.2) is 0 Å². The van der Waals surface area contributed by atoms with Gasteiger partial charge in [0.15, 0.2) is 0 Å². The molecule has 0 saturated carbocycles. The quantitative estimate of drug-likeness (QED) is 0.586. The summed E-state index contributed by atoms with van der Waals surface area (Å²) in [6, 6.07) is 4.06. The van der Waals surface area contributed by atoms with Crippen LogP contribution in [0.3, 0.4) is 0 Å². The first-order valence-electron chi connectivity index (χ1n) is 11.2. The van der Waals surface area contributed by atoms with Crippen LogP contribution in [0.4, 0.5) is 5.69 Å². The first kappa shape index (κ1) is 21.3. The van der Waals surface area contributed by atoms with Gasteiger partial charge in [0.1, 0.15) is 6.04 Å². The first-order chi connectivity index (χ1) is 15.9. The van der Waals surface area contributed by atoms with E-state index < -0.39 is 29.7 Å². The normalized spacial score (nSPS) is 22.9. The van der Waals surface area contributed by atoms with Gasteiger partial charge >= 0.3 is 0 Å². The van der Waals surface area contributed by atoms with Crippen molar-refractivity contribution < 1.29 is 19.2 Å². The second-order valence-corrected chi connectivity index (χ2v) is 8.97. The third-order valence-corrected chi connectivity index (χ3v) is 6.89. The van der Waals surface area contributed by atoms with E-state index in [9.17, 15) is 19.2 Å². The Bertz CT molecular complexity index is 1110. The van der Waals surface area contributed by atoms with E-state index in [1.165, 1.54) is 0 Å². The number of aromatic amines is 1. The zero-order chi connectivity index (χ0) is 23.1. The molecule has 2 aromatic rings. The van der Waals surface area contributed by atoms with Crippen LogP contribution in [0.25, 0.3) is 0 Å². The third kappa shape index (κ3) is 3.80. The van der Waals surface area contributed by atoms with Crippen LogP contribution in [0.1, 0.15) is 58.0 Å². The van der Waals surface area contributed by atoms with Crippen molar-refractivity contribution in [1.29, 1.82) is 0 Å². The number of anilines is 1. The molecule has 2 atom stereocenters. The van der Waals surface area contributed by atoms with Crippen LogP contribution >= 0.6 is 0 Å². The highest BCUT2D eigenvalue weighted by atomic mass is 16.2. The van der Waals surface area contributed by atoms with Crippen molar-refractivity contribution >= 4 is 29.3 Å². The zero-order valence-electron chi connectivity index (χ0n) is 18.3. The second-order valence-electron chi connectivity index (χ2n) is 8.97. The molecule has 3 aliphatic rings. The molecular formula is C23H26N6O4. The summed E-state index contributed by atoms with van der Waals surface area (Å²) in [6.07, 6.45) is 5.83.